The molecule has 0 radical (unpaired) electrons. The summed E-state index contributed by atoms with van der Waals surface area (Å²) in [5.41, 5.74) is 5.46. The molecule has 1 heterocycles. The van der Waals surface area contributed by atoms with Crippen molar-refractivity contribution in [3.05, 3.63) is 5.82 Å². The molecule has 1 rings (SSSR count). The quantitative estimate of drug-likeness (QED) is 0.752. The Morgan fingerprint density at radius 1 is 1.29 bits per heavy atom. The van der Waals surface area contributed by atoms with Crippen molar-refractivity contribution in [1.82, 2.24) is 15.2 Å². The van der Waals surface area contributed by atoms with Crippen LogP contribution >= 0.6 is 0 Å². The van der Waals surface area contributed by atoms with Crippen molar-refractivity contribution in [2.75, 3.05) is 4.90 Å². The number of aromatic nitrogens is 3. The van der Waals surface area contributed by atoms with Crippen molar-refractivity contribution in [3.8, 4) is 0 Å². The lowest BCUT2D eigenvalue weighted by Crippen LogP contribution is -2.37. The summed E-state index contributed by atoms with van der Waals surface area (Å²) in [6, 6.07) is 0.771. The highest BCUT2D eigenvalue weighted by molar-refractivity contribution is 5.31. The smallest absolute Gasteiger partial charge is 0.245 e. The van der Waals surface area contributed by atoms with Crippen molar-refractivity contribution in [2.24, 2.45) is 5.73 Å². The molecule has 0 spiro atoms. The van der Waals surface area contributed by atoms with Gasteiger partial charge in [0.05, 0.1) is 6.54 Å². The standard InChI is InChI=1S/C9H19N5/c1-6(2)14(7(3)4)9-11-8(5-10)12-13-9/h6-7H,5,10H2,1-4H3,(H,11,12,13). The van der Waals surface area contributed by atoms with E-state index in [1.807, 2.05) is 0 Å². The maximum Gasteiger partial charge on any atom is 0.245 e. The van der Waals surface area contributed by atoms with Gasteiger partial charge in [0.15, 0.2) is 0 Å². The summed E-state index contributed by atoms with van der Waals surface area (Å²) in [5.74, 6) is 1.46. The molecule has 0 aliphatic carbocycles. The number of H-pyrrole nitrogens is 1. The van der Waals surface area contributed by atoms with Gasteiger partial charge in [-0.2, -0.15) is 4.98 Å². The van der Waals surface area contributed by atoms with Crippen LogP contribution in [0.4, 0.5) is 5.95 Å². The summed E-state index contributed by atoms with van der Waals surface area (Å²) in [5, 5.41) is 6.96. The summed E-state index contributed by atoms with van der Waals surface area (Å²) in [4.78, 5) is 6.45. The number of aromatic amines is 1. The van der Waals surface area contributed by atoms with Gasteiger partial charge in [-0.15, -0.1) is 5.10 Å². The molecule has 0 unspecified atom stereocenters. The fourth-order valence-electron chi connectivity index (χ4n) is 1.55. The highest BCUT2D eigenvalue weighted by Crippen LogP contribution is 2.14. The molecule has 0 aliphatic heterocycles. The Hall–Kier alpha value is -1.10. The SMILES string of the molecule is CC(C)N(c1n[nH]c(CN)n1)C(C)C. The lowest BCUT2D eigenvalue weighted by Gasteiger charge is -2.29. The molecule has 80 valence electrons. The summed E-state index contributed by atoms with van der Waals surface area (Å²) in [6.07, 6.45) is 0. The van der Waals surface area contributed by atoms with Crippen LogP contribution in [-0.4, -0.2) is 27.3 Å². The van der Waals surface area contributed by atoms with Crippen molar-refractivity contribution in [2.45, 2.75) is 46.3 Å². The molecule has 1 aromatic rings. The van der Waals surface area contributed by atoms with E-state index < -0.39 is 0 Å². The average molecular weight is 197 g/mol. The summed E-state index contributed by atoms with van der Waals surface area (Å²) < 4.78 is 0. The molecular weight excluding hydrogens is 178 g/mol. The van der Waals surface area contributed by atoms with E-state index in [4.69, 9.17) is 5.73 Å². The Labute approximate surface area is 84.7 Å². The fourth-order valence-corrected chi connectivity index (χ4v) is 1.55. The van der Waals surface area contributed by atoms with E-state index in [1.165, 1.54) is 0 Å². The monoisotopic (exact) mass is 197 g/mol. The van der Waals surface area contributed by atoms with Crippen LogP contribution in [-0.2, 0) is 6.54 Å². The zero-order valence-corrected chi connectivity index (χ0v) is 9.28. The molecule has 0 atom stereocenters. The highest BCUT2D eigenvalue weighted by atomic mass is 15.4. The van der Waals surface area contributed by atoms with Gasteiger partial charge in [-0.3, -0.25) is 5.10 Å². The van der Waals surface area contributed by atoms with Crippen LogP contribution < -0.4 is 10.6 Å². The summed E-state index contributed by atoms with van der Waals surface area (Å²) >= 11 is 0. The molecule has 0 bridgehead atoms. The van der Waals surface area contributed by atoms with Crippen LogP contribution in [0.5, 0.6) is 0 Å². The average Bonchev–Trinajstić information content (AvgIpc) is 2.51. The molecule has 5 nitrogen and oxygen atoms in total. The van der Waals surface area contributed by atoms with Gasteiger partial charge in [-0.25, -0.2) is 0 Å². The maximum atomic E-state index is 5.46. The predicted octanol–water partition coefficient (Wildman–Crippen LogP) is 0.887. The van der Waals surface area contributed by atoms with Crippen molar-refractivity contribution >= 4 is 5.95 Å². The zero-order valence-electron chi connectivity index (χ0n) is 9.28. The number of nitrogens with two attached hydrogens (primary N) is 1. The minimum absolute atomic E-state index is 0.386. The second kappa shape index (κ2) is 4.41. The van der Waals surface area contributed by atoms with E-state index in [1.54, 1.807) is 0 Å². The third-order valence-corrected chi connectivity index (χ3v) is 2.06. The Bertz CT molecular complexity index is 270. The van der Waals surface area contributed by atoms with Crippen LogP contribution in [0.15, 0.2) is 0 Å². The van der Waals surface area contributed by atoms with Crippen LogP contribution in [0.25, 0.3) is 0 Å². The summed E-state index contributed by atoms with van der Waals surface area (Å²) in [6.45, 7) is 8.89. The third kappa shape index (κ3) is 2.23. The van der Waals surface area contributed by atoms with E-state index in [0.717, 1.165) is 11.8 Å². The molecule has 1 aromatic heterocycles. The van der Waals surface area contributed by atoms with E-state index >= 15 is 0 Å². The zero-order chi connectivity index (χ0) is 10.7. The first kappa shape index (κ1) is 11.0. The molecule has 14 heavy (non-hydrogen) atoms. The van der Waals surface area contributed by atoms with Crippen molar-refractivity contribution in [1.29, 1.82) is 0 Å². The lowest BCUT2D eigenvalue weighted by atomic mass is 10.2. The number of nitrogens with one attached hydrogen (secondary N) is 1. The van der Waals surface area contributed by atoms with Crippen molar-refractivity contribution in [3.63, 3.8) is 0 Å². The third-order valence-electron chi connectivity index (χ3n) is 2.06. The van der Waals surface area contributed by atoms with Gasteiger partial charge >= 0.3 is 0 Å². The van der Waals surface area contributed by atoms with E-state index in [2.05, 4.69) is 47.8 Å². The predicted molar refractivity (Wildman–Crippen MR) is 57.0 cm³/mol. The maximum absolute atomic E-state index is 5.46. The van der Waals surface area contributed by atoms with Gasteiger partial charge in [0.2, 0.25) is 5.95 Å². The van der Waals surface area contributed by atoms with E-state index in [-0.39, 0.29) is 0 Å². The molecule has 0 amide bonds. The molecular formula is C9H19N5. The Balaban J connectivity index is 2.88. The molecule has 0 aromatic carbocycles. The van der Waals surface area contributed by atoms with Crippen LogP contribution in [0, 0.1) is 0 Å². The molecule has 0 saturated heterocycles. The summed E-state index contributed by atoms with van der Waals surface area (Å²) in [7, 11) is 0. The highest BCUT2D eigenvalue weighted by Gasteiger charge is 2.17. The van der Waals surface area contributed by atoms with Gasteiger partial charge in [0, 0.05) is 12.1 Å². The van der Waals surface area contributed by atoms with Gasteiger partial charge in [-0.05, 0) is 27.7 Å². The Kier molecular flexibility index (Phi) is 3.46. The fraction of sp³-hybridized carbons (Fsp3) is 0.778. The second-order valence-electron chi connectivity index (χ2n) is 3.88. The van der Waals surface area contributed by atoms with E-state index in [0.29, 0.717) is 18.6 Å². The number of hydrogen-bond acceptors (Lipinski definition) is 4. The van der Waals surface area contributed by atoms with Gasteiger partial charge in [0.25, 0.3) is 0 Å². The first-order valence-electron chi connectivity index (χ1n) is 4.96. The van der Waals surface area contributed by atoms with Crippen LogP contribution in [0.3, 0.4) is 0 Å². The largest absolute Gasteiger partial charge is 0.335 e. The Morgan fingerprint density at radius 3 is 2.21 bits per heavy atom. The van der Waals surface area contributed by atoms with Crippen LogP contribution in [0.1, 0.15) is 33.5 Å². The Morgan fingerprint density at radius 2 is 1.86 bits per heavy atom. The number of anilines is 1. The minimum atomic E-state index is 0.386. The van der Waals surface area contributed by atoms with Gasteiger partial charge < -0.3 is 10.6 Å². The van der Waals surface area contributed by atoms with Gasteiger partial charge in [-0.1, -0.05) is 0 Å². The van der Waals surface area contributed by atoms with Crippen LogP contribution in [0.2, 0.25) is 0 Å². The second-order valence-corrected chi connectivity index (χ2v) is 3.88. The normalized spacial score (nSPS) is 11.4. The first-order valence-corrected chi connectivity index (χ1v) is 4.96. The molecule has 5 heteroatoms. The van der Waals surface area contributed by atoms with Crippen molar-refractivity contribution < 1.29 is 0 Å². The number of hydrogen-bond donors (Lipinski definition) is 2. The topological polar surface area (TPSA) is 70.8 Å². The molecule has 3 N–H and O–H groups in total. The minimum Gasteiger partial charge on any atom is -0.335 e. The number of rotatable bonds is 4. The number of nitrogens with zero attached hydrogens (tertiary/aromatic N) is 3. The van der Waals surface area contributed by atoms with Gasteiger partial charge in [0.1, 0.15) is 5.82 Å². The molecule has 0 aliphatic rings. The van der Waals surface area contributed by atoms with E-state index in [9.17, 15) is 0 Å². The molecule has 0 saturated carbocycles. The lowest BCUT2D eigenvalue weighted by molar-refractivity contribution is 0.592. The first-order chi connectivity index (χ1) is 6.56. The molecule has 0 fully saturated rings.